The molecule has 3 heteroatoms. The summed E-state index contributed by atoms with van der Waals surface area (Å²) in [6.07, 6.45) is 13.6. The van der Waals surface area contributed by atoms with Gasteiger partial charge < -0.3 is 0 Å². The zero-order valence-corrected chi connectivity index (χ0v) is 12.8. The predicted molar refractivity (Wildman–Crippen MR) is 66.3 cm³/mol. The molecule has 1 unspecified atom stereocenters. The molecule has 2 aliphatic carbocycles. The van der Waals surface area contributed by atoms with Gasteiger partial charge in [0.2, 0.25) is 0 Å². The van der Waals surface area contributed by atoms with Crippen LogP contribution in [0.1, 0.15) is 19.8 Å². The number of halogens is 2. The van der Waals surface area contributed by atoms with Gasteiger partial charge in [-0.25, -0.2) is 0 Å². The van der Waals surface area contributed by atoms with Crippen LogP contribution in [0.15, 0.2) is 44.8 Å². The molecule has 0 radical (unpaired) electrons. The molecular formula is C12H15Cl2Zr. The van der Waals surface area contributed by atoms with Crippen LogP contribution in [-0.2, 0) is 24.7 Å². The van der Waals surface area contributed by atoms with Gasteiger partial charge >= 0.3 is 95.2 Å². The summed E-state index contributed by atoms with van der Waals surface area (Å²) in [5.74, 6) is 0.642. The van der Waals surface area contributed by atoms with E-state index >= 15 is 0 Å². The molecule has 0 amide bonds. The summed E-state index contributed by atoms with van der Waals surface area (Å²) in [5, 5.41) is 0. The molecule has 2 rings (SSSR count). The van der Waals surface area contributed by atoms with Crippen LogP contribution < -0.4 is 0 Å². The maximum Gasteiger partial charge on any atom is -0.147 e. The topological polar surface area (TPSA) is 0 Å². The fourth-order valence-electron chi connectivity index (χ4n) is 1.91. The molecule has 0 aromatic carbocycles. The SMILES string of the molecule is CC(C1=CC=CC1)C1=[C]([Zr])CC=C1.Cl.Cl. The van der Waals surface area contributed by atoms with Gasteiger partial charge in [-0.15, -0.1) is 24.8 Å². The van der Waals surface area contributed by atoms with Gasteiger partial charge in [-0.05, 0) is 0 Å². The van der Waals surface area contributed by atoms with Crippen LogP contribution in [0.4, 0.5) is 0 Å². The summed E-state index contributed by atoms with van der Waals surface area (Å²) in [7, 11) is 0. The van der Waals surface area contributed by atoms with Crippen molar-refractivity contribution in [2.45, 2.75) is 19.8 Å². The molecule has 0 aromatic rings. The second-order valence-electron chi connectivity index (χ2n) is 3.64. The van der Waals surface area contributed by atoms with Gasteiger partial charge in [-0.3, -0.25) is 0 Å². The van der Waals surface area contributed by atoms with E-state index in [9.17, 15) is 0 Å². The standard InChI is InChI=1S/C12H13.2ClH.Zr/c1-10(11-6-2-3-7-11)12-8-4-5-9-12;;;/h2-4,6,8,10H,5,7H2,1H3;2*1H;. The molecule has 15 heavy (non-hydrogen) atoms. The Bertz CT molecular complexity index is 338. The zero-order valence-electron chi connectivity index (χ0n) is 8.69. The van der Waals surface area contributed by atoms with Crippen molar-refractivity contribution in [2.24, 2.45) is 5.92 Å². The van der Waals surface area contributed by atoms with Crippen LogP contribution >= 0.6 is 24.8 Å². The summed E-state index contributed by atoms with van der Waals surface area (Å²) in [6, 6.07) is 0. The fraction of sp³-hybridized carbons (Fsp3) is 0.333. The Labute approximate surface area is 119 Å². The van der Waals surface area contributed by atoms with Crippen molar-refractivity contribution < 1.29 is 24.7 Å². The van der Waals surface area contributed by atoms with Gasteiger partial charge in [-0.1, -0.05) is 0 Å². The van der Waals surface area contributed by atoms with E-state index in [1.165, 1.54) is 6.42 Å². The van der Waals surface area contributed by atoms with Gasteiger partial charge in [0.15, 0.2) is 0 Å². The minimum atomic E-state index is 0. The molecular weight excluding hydrogens is 306 g/mol. The number of allylic oxidation sites excluding steroid dienone is 8. The Morgan fingerprint density at radius 3 is 2.40 bits per heavy atom. The average Bonchev–Trinajstić information content (AvgIpc) is 2.72. The molecule has 0 aliphatic heterocycles. The van der Waals surface area contributed by atoms with Gasteiger partial charge in [0.25, 0.3) is 0 Å². The third-order valence-corrected chi connectivity index (χ3v) is 4.00. The van der Waals surface area contributed by atoms with E-state index in [1.807, 2.05) is 0 Å². The van der Waals surface area contributed by atoms with E-state index in [4.69, 9.17) is 0 Å². The molecule has 1 atom stereocenters. The van der Waals surface area contributed by atoms with E-state index < -0.39 is 0 Å². The minimum Gasteiger partial charge on any atom is -0.147 e. The van der Waals surface area contributed by atoms with Crippen LogP contribution in [0, 0.1) is 5.92 Å². The van der Waals surface area contributed by atoms with Gasteiger partial charge in [0.1, 0.15) is 0 Å². The number of hydrogen-bond acceptors (Lipinski definition) is 0. The normalized spacial score (nSPS) is 19.6. The first-order chi connectivity index (χ1) is 6.29. The molecule has 0 aromatic heterocycles. The Morgan fingerprint density at radius 2 is 1.93 bits per heavy atom. The van der Waals surface area contributed by atoms with Crippen molar-refractivity contribution in [1.82, 2.24) is 0 Å². The second-order valence-corrected chi connectivity index (χ2v) is 5.12. The van der Waals surface area contributed by atoms with Gasteiger partial charge in [-0.2, -0.15) is 0 Å². The molecule has 81 valence electrons. The first-order valence-electron chi connectivity index (χ1n) is 4.76. The molecule has 0 bridgehead atoms. The van der Waals surface area contributed by atoms with Crippen LogP contribution in [0.3, 0.4) is 0 Å². The molecule has 0 spiro atoms. The summed E-state index contributed by atoms with van der Waals surface area (Å²) < 4.78 is 1.63. The van der Waals surface area contributed by atoms with Crippen molar-refractivity contribution in [3.05, 3.63) is 44.8 Å². The zero-order chi connectivity index (χ0) is 9.26. The number of hydrogen-bond donors (Lipinski definition) is 0. The van der Waals surface area contributed by atoms with Crippen LogP contribution in [0.2, 0.25) is 0 Å². The summed E-state index contributed by atoms with van der Waals surface area (Å²) in [6.45, 7) is 2.33. The summed E-state index contributed by atoms with van der Waals surface area (Å²) in [4.78, 5) is 0. The monoisotopic (exact) mass is 319 g/mol. The summed E-state index contributed by atoms with van der Waals surface area (Å²) in [5.41, 5.74) is 3.15. The second kappa shape index (κ2) is 6.89. The van der Waals surface area contributed by atoms with E-state index in [0.717, 1.165) is 6.42 Å². The first-order valence-corrected chi connectivity index (χ1v) is 5.98. The molecule has 0 heterocycles. The average molecular weight is 321 g/mol. The molecule has 0 saturated heterocycles. The Kier molecular flexibility index (Phi) is 7.08. The van der Waals surface area contributed by atoms with Gasteiger partial charge in [0.05, 0.1) is 0 Å². The van der Waals surface area contributed by atoms with Crippen molar-refractivity contribution in [3.8, 4) is 0 Å². The molecule has 0 saturated carbocycles. The Morgan fingerprint density at radius 1 is 1.20 bits per heavy atom. The Hall–Kier alpha value is 0.423. The van der Waals surface area contributed by atoms with E-state index in [1.54, 1.807) is 39.1 Å². The number of rotatable bonds is 2. The predicted octanol–water partition coefficient (Wildman–Crippen LogP) is 4.11. The van der Waals surface area contributed by atoms with Crippen LogP contribution in [0.25, 0.3) is 0 Å². The third kappa shape index (κ3) is 3.44. The minimum absolute atomic E-state index is 0. The summed E-state index contributed by atoms with van der Waals surface area (Å²) >= 11 is 1.58. The molecule has 0 nitrogen and oxygen atoms in total. The quantitative estimate of drug-likeness (QED) is 0.718. The van der Waals surface area contributed by atoms with Crippen LogP contribution in [-0.4, -0.2) is 0 Å². The Balaban J connectivity index is 0.000000980. The van der Waals surface area contributed by atoms with Crippen molar-refractivity contribution in [2.75, 3.05) is 0 Å². The maximum atomic E-state index is 2.33. The van der Waals surface area contributed by atoms with E-state index in [0.29, 0.717) is 5.92 Å². The van der Waals surface area contributed by atoms with Crippen molar-refractivity contribution in [3.63, 3.8) is 0 Å². The molecule has 0 fully saturated rings. The fourth-order valence-corrected chi connectivity index (χ4v) is 2.94. The van der Waals surface area contributed by atoms with Gasteiger partial charge in [0, 0.05) is 0 Å². The van der Waals surface area contributed by atoms with Crippen molar-refractivity contribution >= 4 is 24.8 Å². The third-order valence-electron chi connectivity index (χ3n) is 2.79. The van der Waals surface area contributed by atoms with Crippen LogP contribution in [0.5, 0.6) is 0 Å². The maximum absolute atomic E-state index is 2.33. The largest absolute Gasteiger partial charge is 0.147 e. The first kappa shape index (κ1) is 15.4. The molecule has 0 N–H and O–H groups in total. The molecule has 2 aliphatic rings. The van der Waals surface area contributed by atoms with Crippen molar-refractivity contribution in [1.29, 1.82) is 0 Å². The smallest absolute Gasteiger partial charge is 0.147 e. The van der Waals surface area contributed by atoms with E-state index in [2.05, 4.69) is 37.3 Å². The van der Waals surface area contributed by atoms with E-state index in [-0.39, 0.29) is 24.8 Å².